The molecule has 1 fully saturated rings. The summed E-state index contributed by atoms with van der Waals surface area (Å²) in [6.07, 6.45) is 4.47. The summed E-state index contributed by atoms with van der Waals surface area (Å²) in [6.45, 7) is 11.0. The first-order valence-corrected chi connectivity index (χ1v) is 9.94. The summed E-state index contributed by atoms with van der Waals surface area (Å²) in [7, 11) is 1.96. The first kappa shape index (κ1) is 20.1. The van der Waals surface area contributed by atoms with Gasteiger partial charge in [0.2, 0.25) is 0 Å². The van der Waals surface area contributed by atoms with Crippen LogP contribution in [0.2, 0.25) is 0 Å². The van der Waals surface area contributed by atoms with E-state index in [0.717, 1.165) is 24.2 Å². The second kappa shape index (κ2) is 10.0. The lowest BCUT2D eigenvalue weighted by molar-refractivity contribution is 0.331. The molecule has 0 saturated carbocycles. The lowest BCUT2D eigenvalue weighted by Crippen LogP contribution is -2.37. The SMILES string of the molecule is C=CCNC(=NCc1ccc(CN2CCCC2)cc1)NCc1nnc(C)n1C. The number of aromatic nitrogens is 3. The van der Waals surface area contributed by atoms with Gasteiger partial charge in [0.25, 0.3) is 0 Å². The maximum absolute atomic E-state index is 4.69. The van der Waals surface area contributed by atoms with Crippen molar-refractivity contribution in [1.29, 1.82) is 0 Å². The van der Waals surface area contributed by atoms with Gasteiger partial charge < -0.3 is 15.2 Å². The number of benzene rings is 1. The van der Waals surface area contributed by atoms with Crippen LogP contribution in [-0.2, 0) is 26.7 Å². The van der Waals surface area contributed by atoms with Crippen LogP contribution in [-0.4, -0.2) is 45.3 Å². The van der Waals surface area contributed by atoms with E-state index in [1.165, 1.54) is 37.1 Å². The molecule has 0 aliphatic carbocycles. The normalized spacial score (nSPS) is 15.0. The highest BCUT2D eigenvalue weighted by Crippen LogP contribution is 2.13. The molecule has 0 atom stereocenters. The van der Waals surface area contributed by atoms with Crippen molar-refractivity contribution in [2.45, 2.75) is 39.4 Å². The highest BCUT2D eigenvalue weighted by molar-refractivity contribution is 5.79. The average Bonchev–Trinajstić information content (AvgIpc) is 3.33. The number of hydrogen-bond acceptors (Lipinski definition) is 4. The van der Waals surface area contributed by atoms with E-state index in [4.69, 9.17) is 4.99 Å². The molecule has 2 N–H and O–H groups in total. The van der Waals surface area contributed by atoms with Crippen LogP contribution in [0.3, 0.4) is 0 Å². The minimum Gasteiger partial charge on any atom is -0.353 e. The van der Waals surface area contributed by atoms with Crippen molar-refractivity contribution in [2.75, 3.05) is 19.6 Å². The fourth-order valence-corrected chi connectivity index (χ4v) is 3.23. The van der Waals surface area contributed by atoms with Gasteiger partial charge in [0.05, 0.1) is 13.1 Å². The molecule has 2 aromatic rings. The van der Waals surface area contributed by atoms with Gasteiger partial charge in [-0.1, -0.05) is 30.3 Å². The van der Waals surface area contributed by atoms with Gasteiger partial charge >= 0.3 is 0 Å². The van der Waals surface area contributed by atoms with Gasteiger partial charge in [-0.25, -0.2) is 4.99 Å². The number of guanidine groups is 1. The Kier molecular flexibility index (Phi) is 7.19. The Balaban J connectivity index is 1.56. The molecule has 7 nitrogen and oxygen atoms in total. The van der Waals surface area contributed by atoms with E-state index in [1.54, 1.807) is 0 Å². The largest absolute Gasteiger partial charge is 0.353 e. The van der Waals surface area contributed by atoms with Crippen LogP contribution < -0.4 is 10.6 Å². The standard InChI is InChI=1S/C21H31N7/c1-4-11-22-21(24-15-20-26-25-17(2)27(20)3)23-14-18-7-9-19(10-8-18)16-28-12-5-6-13-28/h4,7-10H,1,5-6,11-16H2,2-3H3,(H2,22,23,24). The topological polar surface area (TPSA) is 70.4 Å². The monoisotopic (exact) mass is 381 g/mol. The predicted octanol–water partition coefficient (Wildman–Crippen LogP) is 2.14. The highest BCUT2D eigenvalue weighted by atomic mass is 15.3. The van der Waals surface area contributed by atoms with E-state index in [0.29, 0.717) is 19.6 Å². The molecule has 3 rings (SSSR count). The van der Waals surface area contributed by atoms with Gasteiger partial charge in [-0.2, -0.15) is 0 Å². The van der Waals surface area contributed by atoms with Crippen molar-refractivity contribution in [3.63, 3.8) is 0 Å². The quantitative estimate of drug-likeness (QED) is 0.416. The fourth-order valence-electron chi connectivity index (χ4n) is 3.23. The number of hydrogen-bond donors (Lipinski definition) is 2. The lowest BCUT2D eigenvalue weighted by atomic mass is 10.1. The van der Waals surface area contributed by atoms with Gasteiger partial charge in [-0.3, -0.25) is 4.90 Å². The average molecular weight is 382 g/mol. The zero-order chi connectivity index (χ0) is 19.8. The maximum atomic E-state index is 4.69. The van der Waals surface area contributed by atoms with Crippen molar-refractivity contribution in [3.8, 4) is 0 Å². The van der Waals surface area contributed by atoms with Crippen LogP contribution in [0.4, 0.5) is 0 Å². The second-order valence-electron chi connectivity index (χ2n) is 7.21. The first-order valence-electron chi connectivity index (χ1n) is 9.94. The van der Waals surface area contributed by atoms with E-state index >= 15 is 0 Å². The third-order valence-electron chi connectivity index (χ3n) is 5.06. The van der Waals surface area contributed by atoms with Crippen LogP contribution >= 0.6 is 0 Å². The molecule has 1 saturated heterocycles. The maximum Gasteiger partial charge on any atom is 0.192 e. The third-order valence-corrected chi connectivity index (χ3v) is 5.06. The molecule has 0 radical (unpaired) electrons. The second-order valence-corrected chi connectivity index (χ2v) is 7.21. The molecule has 1 aliphatic heterocycles. The Morgan fingerprint density at radius 2 is 1.86 bits per heavy atom. The Morgan fingerprint density at radius 1 is 1.14 bits per heavy atom. The molecule has 0 bridgehead atoms. The third kappa shape index (κ3) is 5.66. The van der Waals surface area contributed by atoms with E-state index < -0.39 is 0 Å². The van der Waals surface area contributed by atoms with Crippen LogP contribution in [0, 0.1) is 6.92 Å². The molecule has 1 aromatic carbocycles. The van der Waals surface area contributed by atoms with Crippen LogP contribution in [0.15, 0.2) is 41.9 Å². The van der Waals surface area contributed by atoms with Gasteiger partial charge in [-0.15, -0.1) is 16.8 Å². The summed E-state index contributed by atoms with van der Waals surface area (Å²) in [4.78, 5) is 7.21. The van der Waals surface area contributed by atoms with E-state index in [1.807, 2.05) is 24.6 Å². The van der Waals surface area contributed by atoms with Crippen molar-refractivity contribution >= 4 is 5.96 Å². The minimum atomic E-state index is 0.565. The van der Waals surface area contributed by atoms with Gasteiger partial charge in [0.1, 0.15) is 5.82 Å². The van der Waals surface area contributed by atoms with Gasteiger partial charge in [0, 0.05) is 20.1 Å². The first-order chi connectivity index (χ1) is 13.7. The zero-order valence-corrected chi connectivity index (χ0v) is 17.0. The Bertz CT molecular complexity index is 786. The molecule has 28 heavy (non-hydrogen) atoms. The molecular weight excluding hydrogens is 350 g/mol. The summed E-state index contributed by atoms with van der Waals surface area (Å²) < 4.78 is 1.97. The molecule has 0 unspecified atom stereocenters. The number of rotatable bonds is 8. The molecule has 1 aromatic heterocycles. The molecule has 0 spiro atoms. The summed E-state index contributed by atoms with van der Waals surface area (Å²) >= 11 is 0. The minimum absolute atomic E-state index is 0.565. The molecule has 2 heterocycles. The van der Waals surface area contributed by atoms with Crippen LogP contribution in [0.25, 0.3) is 0 Å². The smallest absolute Gasteiger partial charge is 0.192 e. The fraction of sp³-hybridized carbons (Fsp3) is 0.476. The highest BCUT2D eigenvalue weighted by Gasteiger charge is 2.11. The molecular formula is C21H31N7. The number of likely N-dealkylation sites (tertiary alicyclic amines) is 1. The van der Waals surface area contributed by atoms with E-state index in [9.17, 15) is 0 Å². The summed E-state index contributed by atoms with van der Waals surface area (Å²) in [6, 6.07) is 8.78. The number of aryl methyl sites for hydroxylation is 1. The summed E-state index contributed by atoms with van der Waals surface area (Å²) in [5.74, 6) is 2.50. The predicted molar refractivity (Wildman–Crippen MR) is 113 cm³/mol. The molecule has 150 valence electrons. The number of aliphatic imine (C=N–C) groups is 1. The summed E-state index contributed by atoms with van der Waals surface area (Å²) in [5, 5.41) is 14.8. The van der Waals surface area contributed by atoms with Crippen molar-refractivity contribution < 1.29 is 0 Å². The summed E-state index contributed by atoms with van der Waals surface area (Å²) in [5.41, 5.74) is 2.56. The van der Waals surface area contributed by atoms with Crippen LogP contribution in [0.5, 0.6) is 0 Å². The Hall–Kier alpha value is -2.67. The van der Waals surface area contributed by atoms with E-state index in [2.05, 4.69) is 56.6 Å². The molecule has 7 heteroatoms. The lowest BCUT2D eigenvalue weighted by Gasteiger charge is -2.14. The van der Waals surface area contributed by atoms with E-state index in [-0.39, 0.29) is 0 Å². The molecule has 1 aliphatic rings. The van der Waals surface area contributed by atoms with Crippen molar-refractivity contribution in [1.82, 2.24) is 30.3 Å². The van der Waals surface area contributed by atoms with Gasteiger partial charge in [-0.05, 0) is 44.0 Å². The zero-order valence-electron chi connectivity index (χ0n) is 17.0. The van der Waals surface area contributed by atoms with Crippen molar-refractivity contribution in [2.24, 2.45) is 12.0 Å². The Morgan fingerprint density at radius 3 is 2.50 bits per heavy atom. The van der Waals surface area contributed by atoms with Crippen LogP contribution in [0.1, 0.15) is 35.6 Å². The number of nitrogens with zero attached hydrogens (tertiary/aromatic N) is 5. The number of nitrogens with one attached hydrogen (secondary N) is 2. The Labute approximate surface area is 167 Å². The molecule has 0 amide bonds. The van der Waals surface area contributed by atoms with Gasteiger partial charge in [0.15, 0.2) is 11.8 Å². The van der Waals surface area contributed by atoms with Crippen molar-refractivity contribution in [3.05, 3.63) is 59.7 Å².